The summed E-state index contributed by atoms with van der Waals surface area (Å²) in [6, 6.07) is 2.85. The maximum absolute atomic E-state index is 12.4. The first kappa shape index (κ1) is 16.9. The van der Waals surface area contributed by atoms with Crippen LogP contribution in [0.4, 0.5) is 0 Å². The van der Waals surface area contributed by atoms with Crippen LogP contribution >= 0.6 is 12.2 Å². The van der Waals surface area contributed by atoms with E-state index in [-0.39, 0.29) is 28.7 Å². The fourth-order valence-electron chi connectivity index (χ4n) is 1.59. The van der Waals surface area contributed by atoms with Gasteiger partial charge in [-0.2, -0.15) is 4.31 Å². The van der Waals surface area contributed by atoms with Crippen LogP contribution < -0.4 is 5.73 Å². The number of aliphatic hydroxyl groups excluding tert-OH is 1. The van der Waals surface area contributed by atoms with Gasteiger partial charge < -0.3 is 15.6 Å². The third kappa shape index (κ3) is 3.93. The number of thiocarbonyl (C=S) groups is 1. The second-order valence-electron chi connectivity index (χ2n) is 4.11. The molecule has 0 aliphatic rings. The Morgan fingerprint density at radius 3 is 2.85 bits per heavy atom. The molecule has 1 rings (SSSR count). The maximum atomic E-state index is 12.4. The highest BCUT2D eigenvalue weighted by atomic mass is 32.2. The van der Waals surface area contributed by atoms with E-state index < -0.39 is 16.1 Å². The summed E-state index contributed by atoms with van der Waals surface area (Å²) >= 11 is 4.80. The number of nitrogens with zero attached hydrogens (tertiary/aromatic N) is 2. The zero-order chi connectivity index (χ0) is 15.3. The Morgan fingerprint density at radius 2 is 2.30 bits per heavy atom. The highest BCUT2D eigenvalue weighted by molar-refractivity contribution is 7.89. The van der Waals surface area contributed by atoms with E-state index in [2.05, 4.69) is 4.98 Å². The first-order valence-corrected chi connectivity index (χ1v) is 7.53. The van der Waals surface area contributed by atoms with Crippen molar-refractivity contribution in [2.75, 3.05) is 27.3 Å². The highest BCUT2D eigenvalue weighted by Crippen LogP contribution is 2.17. The zero-order valence-electron chi connectivity index (χ0n) is 11.2. The fraction of sp³-hybridized carbons (Fsp3) is 0.455. The molecule has 0 aliphatic carbocycles. The zero-order valence-corrected chi connectivity index (χ0v) is 12.8. The van der Waals surface area contributed by atoms with Crippen LogP contribution in [-0.4, -0.2) is 61.2 Å². The van der Waals surface area contributed by atoms with E-state index in [1.54, 1.807) is 0 Å². The van der Waals surface area contributed by atoms with Crippen molar-refractivity contribution in [2.24, 2.45) is 5.73 Å². The lowest BCUT2D eigenvalue weighted by Crippen LogP contribution is -2.37. The van der Waals surface area contributed by atoms with Gasteiger partial charge in [0.1, 0.15) is 15.6 Å². The van der Waals surface area contributed by atoms with Gasteiger partial charge in [0.15, 0.2) is 0 Å². The largest absolute Gasteiger partial charge is 0.389 e. The number of hydrogen-bond acceptors (Lipinski definition) is 6. The number of likely N-dealkylation sites (N-methyl/N-ethyl adjacent to an activating group) is 1. The number of aromatic nitrogens is 1. The fourth-order valence-corrected chi connectivity index (χ4v) is 3.18. The summed E-state index contributed by atoms with van der Waals surface area (Å²) in [5.41, 5.74) is 5.51. The molecule has 20 heavy (non-hydrogen) atoms. The minimum absolute atomic E-state index is 0.0368. The Kier molecular flexibility index (Phi) is 5.96. The molecule has 0 spiro atoms. The number of rotatable bonds is 7. The maximum Gasteiger partial charge on any atom is 0.245 e. The summed E-state index contributed by atoms with van der Waals surface area (Å²) in [4.78, 5) is 3.70. The van der Waals surface area contributed by atoms with Crippen LogP contribution in [0.15, 0.2) is 23.2 Å². The minimum Gasteiger partial charge on any atom is -0.389 e. The van der Waals surface area contributed by atoms with Gasteiger partial charge in [-0.05, 0) is 12.1 Å². The predicted molar refractivity (Wildman–Crippen MR) is 77.8 cm³/mol. The van der Waals surface area contributed by atoms with Gasteiger partial charge in [0.25, 0.3) is 0 Å². The number of hydrogen-bond donors (Lipinski definition) is 2. The number of ether oxygens (including phenoxy) is 1. The molecule has 0 radical (unpaired) electrons. The standard InChI is InChI=1S/C11H17N3O4S2/c1-14(6-8(15)7-18-2)20(16,17)9-4-3-5-13-10(9)11(12)19/h3-5,8,15H,6-7H2,1-2H3,(H2,12,19). The first-order valence-electron chi connectivity index (χ1n) is 5.69. The number of pyridine rings is 1. The molecule has 9 heteroatoms. The molecule has 0 saturated carbocycles. The Balaban J connectivity index is 3.08. The lowest BCUT2D eigenvalue weighted by Gasteiger charge is -2.21. The van der Waals surface area contributed by atoms with Gasteiger partial charge in [-0.3, -0.25) is 4.98 Å². The molecule has 7 nitrogen and oxygen atoms in total. The van der Waals surface area contributed by atoms with E-state index in [0.29, 0.717) is 0 Å². The number of methoxy groups -OCH3 is 1. The number of aliphatic hydroxyl groups is 1. The topological polar surface area (TPSA) is 106 Å². The van der Waals surface area contributed by atoms with Crippen LogP contribution in [0.5, 0.6) is 0 Å². The third-order valence-corrected chi connectivity index (χ3v) is 4.57. The Hall–Kier alpha value is -1.13. The highest BCUT2D eigenvalue weighted by Gasteiger charge is 2.27. The molecule has 1 atom stereocenters. The smallest absolute Gasteiger partial charge is 0.245 e. The van der Waals surface area contributed by atoms with Crippen molar-refractivity contribution in [3.05, 3.63) is 24.0 Å². The normalized spacial score (nSPS) is 13.4. The first-order chi connectivity index (χ1) is 9.30. The van der Waals surface area contributed by atoms with Crippen LogP contribution in [0.25, 0.3) is 0 Å². The van der Waals surface area contributed by atoms with Gasteiger partial charge in [-0.25, -0.2) is 8.42 Å². The van der Waals surface area contributed by atoms with E-state index in [1.165, 1.54) is 32.5 Å². The third-order valence-electron chi connectivity index (χ3n) is 2.52. The molecule has 0 aromatic carbocycles. The van der Waals surface area contributed by atoms with Crippen LogP contribution in [0.3, 0.4) is 0 Å². The minimum atomic E-state index is -3.84. The van der Waals surface area contributed by atoms with Crippen molar-refractivity contribution >= 4 is 27.2 Å². The van der Waals surface area contributed by atoms with Crippen molar-refractivity contribution in [1.29, 1.82) is 0 Å². The monoisotopic (exact) mass is 319 g/mol. The van der Waals surface area contributed by atoms with Gasteiger partial charge >= 0.3 is 0 Å². The average molecular weight is 319 g/mol. The van der Waals surface area contributed by atoms with Gasteiger partial charge in [-0.15, -0.1) is 0 Å². The number of nitrogens with two attached hydrogens (primary N) is 1. The molecule has 112 valence electrons. The molecule has 0 saturated heterocycles. The Bertz CT molecular complexity index is 577. The van der Waals surface area contributed by atoms with Gasteiger partial charge in [0.05, 0.1) is 12.7 Å². The molecule has 0 bridgehead atoms. The summed E-state index contributed by atoms with van der Waals surface area (Å²) in [5.74, 6) is 0. The quantitative estimate of drug-likeness (QED) is 0.643. The van der Waals surface area contributed by atoms with Crippen molar-refractivity contribution < 1.29 is 18.3 Å². The van der Waals surface area contributed by atoms with E-state index in [1.807, 2.05) is 0 Å². The van der Waals surface area contributed by atoms with E-state index in [9.17, 15) is 13.5 Å². The van der Waals surface area contributed by atoms with Crippen molar-refractivity contribution in [3.63, 3.8) is 0 Å². The van der Waals surface area contributed by atoms with Gasteiger partial charge in [0, 0.05) is 26.9 Å². The molecule has 0 fully saturated rings. The summed E-state index contributed by atoms with van der Waals surface area (Å²) in [6.07, 6.45) is 0.484. The predicted octanol–water partition coefficient (Wildman–Crippen LogP) is -0.656. The molecule has 1 aromatic heterocycles. The second kappa shape index (κ2) is 7.04. The molecule has 3 N–H and O–H groups in total. The van der Waals surface area contributed by atoms with Gasteiger partial charge in [-0.1, -0.05) is 12.2 Å². The van der Waals surface area contributed by atoms with Crippen molar-refractivity contribution in [2.45, 2.75) is 11.0 Å². The van der Waals surface area contributed by atoms with E-state index in [0.717, 1.165) is 4.31 Å². The SMILES string of the molecule is COCC(O)CN(C)S(=O)(=O)c1cccnc1C(N)=S. The molecule has 0 amide bonds. The molecule has 1 unspecified atom stereocenters. The van der Waals surface area contributed by atoms with Crippen LogP contribution in [-0.2, 0) is 14.8 Å². The molecule has 0 aliphatic heterocycles. The number of sulfonamides is 1. The van der Waals surface area contributed by atoms with Crippen molar-refractivity contribution in [1.82, 2.24) is 9.29 Å². The molecular formula is C11H17N3O4S2. The Morgan fingerprint density at radius 1 is 1.65 bits per heavy atom. The summed E-state index contributed by atoms with van der Waals surface area (Å²) in [6.45, 7) is -0.0725. The summed E-state index contributed by atoms with van der Waals surface area (Å²) < 4.78 is 30.6. The van der Waals surface area contributed by atoms with Crippen LogP contribution in [0, 0.1) is 0 Å². The average Bonchev–Trinajstić information content (AvgIpc) is 2.38. The summed E-state index contributed by atoms with van der Waals surface area (Å²) in [5, 5.41) is 9.61. The molecule has 1 heterocycles. The molecule has 1 aromatic rings. The van der Waals surface area contributed by atoms with Crippen LogP contribution in [0.1, 0.15) is 5.69 Å². The van der Waals surface area contributed by atoms with Crippen molar-refractivity contribution in [3.8, 4) is 0 Å². The lowest BCUT2D eigenvalue weighted by atomic mass is 10.3. The van der Waals surface area contributed by atoms with E-state index >= 15 is 0 Å². The van der Waals surface area contributed by atoms with Crippen LogP contribution in [0.2, 0.25) is 0 Å². The second-order valence-corrected chi connectivity index (χ2v) is 6.56. The summed E-state index contributed by atoms with van der Waals surface area (Å²) in [7, 11) is -1.07. The molecular weight excluding hydrogens is 302 g/mol. The van der Waals surface area contributed by atoms with Gasteiger partial charge in [0.2, 0.25) is 10.0 Å². The lowest BCUT2D eigenvalue weighted by molar-refractivity contribution is 0.0554. The Labute approximate surface area is 123 Å². The van der Waals surface area contributed by atoms with E-state index in [4.69, 9.17) is 22.7 Å².